The Labute approximate surface area is 195 Å². The second-order valence-corrected chi connectivity index (χ2v) is 8.68. The lowest BCUT2D eigenvalue weighted by Crippen LogP contribution is -2.61. The molecule has 174 valence electrons. The number of benzene rings is 2. The van der Waals surface area contributed by atoms with Gasteiger partial charge in [0.15, 0.2) is 5.69 Å². The molecule has 0 saturated heterocycles. The third kappa shape index (κ3) is 3.59. The van der Waals surface area contributed by atoms with Gasteiger partial charge in [0.1, 0.15) is 12.1 Å². The van der Waals surface area contributed by atoms with E-state index in [4.69, 9.17) is 4.74 Å². The molecule has 1 aromatic heterocycles. The predicted molar refractivity (Wildman–Crippen MR) is 124 cm³/mol. The van der Waals surface area contributed by atoms with Crippen LogP contribution in [-0.4, -0.2) is 45.0 Å². The van der Waals surface area contributed by atoms with Gasteiger partial charge in [-0.1, -0.05) is 48.5 Å². The van der Waals surface area contributed by atoms with Crippen molar-refractivity contribution in [3.8, 4) is 11.1 Å². The monoisotopic (exact) mass is 460 g/mol. The van der Waals surface area contributed by atoms with E-state index in [-0.39, 0.29) is 23.9 Å². The van der Waals surface area contributed by atoms with E-state index in [1.54, 1.807) is 0 Å². The Bertz CT molecular complexity index is 1250. The number of hydrogen-bond donors (Lipinski definition) is 3. The normalized spacial score (nSPS) is 15.6. The van der Waals surface area contributed by atoms with E-state index in [0.29, 0.717) is 12.8 Å². The molecule has 1 heterocycles. The quantitative estimate of drug-likeness (QED) is 0.517. The van der Waals surface area contributed by atoms with Gasteiger partial charge in [-0.3, -0.25) is 9.48 Å². The number of aromatic nitrogens is 2. The summed E-state index contributed by atoms with van der Waals surface area (Å²) >= 11 is 0. The number of amides is 2. The highest BCUT2D eigenvalue weighted by molar-refractivity contribution is 6.04. The zero-order valence-corrected chi connectivity index (χ0v) is 18.6. The van der Waals surface area contributed by atoms with E-state index in [0.717, 1.165) is 28.7 Å². The summed E-state index contributed by atoms with van der Waals surface area (Å²) in [5.41, 5.74) is 3.27. The van der Waals surface area contributed by atoms with Gasteiger partial charge in [-0.25, -0.2) is 9.59 Å². The number of carbonyl (C=O) groups excluding carboxylic acids is 2. The van der Waals surface area contributed by atoms with Crippen molar-refractivity contribution in [3.05, 3.63) is 71.5 Å². The number of carbonyl (C=O) groups is 3. The van der Waals surface area contributed by atoms with Gasteiger partial charge < -0.3 is 20.5 Å². The Hall–Kier alpha value is -4.14. The van der Waals surface area contributed by atoms with Gasteiger partial charge in [0.05, 0.1) is 11.9 Å². The number of alkyl carbamates (subject to hydrolysis) is 1. The summed E-state index contributed by atoms with van der Waals surface area (Å²) in [6.07, 6.45) is 2.23. The van der Waals surface area contributed by atoms with Crippen LogP contribution < -0.4 is 10.6 Å². The minimum absolute atomic E-state index is 0.0839. The maximum Gasteiger partial charge on any atom is 0.408 e. The number of nitrogens with zero attached hydrogens (tertiary/aromatic N) is 2. The Morgan fingerprint density at radius 1 is 1.09 bits per heavy atom. The van der Waals surface area contributed by atoms with Crippen molar-refractivity contribution in [3.63, 3.8) is 0 Å². The van der Waals surface area contributed by atoms with E-state index in [2.05, 4.69) is 27.9 Å². The molecular formula is C25H24N4O5. The van der Waals surface area contributed by atoms with Crippen molar-refractivity contribution in [1.29, 1.82) is 0 Å². The molecule has 3 N–H and O–H groups in total. The molecule has 1 fully saturated rings. The van der Waals surface area contributed by atoms with Gasteiger partial charge in [-0.15, -0.1) is 0 Å². The van der Waals surface area contributed by atoms with Crippen LogP contribution in [0.1, 0.15) is 46.8 Å². The predicted octanol–water partition coefficient (Wildman–Crippen LogP) is 3.52. The van der Waals surface area contributed by atoms with E-state index < -0.39 is 23.5 Å². The fraction of sp³-hybridized carbons (Fsp3) is 0.280. The minimum Gasteiger partial charge on any atom is -0.476 e. The van der Waals surface area contributed by atoms with Crippen LogP contribution in [0.2, 0.25) is 0 Å². The van der Waals surface area contributed by atoms with Crippen LogP contribution in [-0.2, 0) is 16.6 Å². The fourth-order valence-electron chi connectivity index (χ4n) is 4.79. The first kappa shape index (κ1) is 21.7. The van der Waals surface area contributed by atoms with Crippen molar-refractivity contribution < 1.29 is 24.2 Å². The van der Waals surface area contributed by atoms with Gasteiger partial charge in [-0.05, 0) is 41.5 Å². The fourth-order valence-corrected chi connectivity index (χ4v) is 4.79. The highest BCUT2D eigenvalue weighted by Crippen LogP contribution is 2.44. The van der Waals surface area contributed by atoms with E-state index in [1.807, 2.05) is 36.4 Å². The molecule has 2 aliphatic rings. The summed E-state index contributed by atoms with van der Waals surface area (Å²) in [5, 5.41) is 18.6. The van der Waals surface area contributed by atoms with Crippen LogP contribution >= 0.6 is 0 Å². The molecule has 9 nitrogen and oxygen atoms in total. The highest BCUT2D eigenvalue weighted by Gasteiger charge is 2.46. The van der Waals surface area contributed by atoms with Crippen molar-refractivity contribution >= 4 is 23.7 Å². The molecule has 34 heavy (non-hydrogen) atoms. The molecule has 0 aliphatic heterocycles. The first-order valence-electron chi connectivity index (χ1n) is 11.1. The summed E-state index contributed by atoms with van der Waals surface area (Å²) in [4.78, 5) is 37.2. The average Bonchev–Trinajstić information content (AvgIpc) is 3.32. The average molecular weight is 460 g/mol. The molecule has 2 amide bonds. The maximum atomic E-state index is 13.0. The molecule has 2 aromatic carbocycles. The van der Waals surface area contributed by atoms with Crippen LogP contribution in [0.5, 0.6) is 0 Å². The standard InChI is InChI=1S/C25H24N4O5/c1-29-21(22(30)31)20(13-26-29)27-23(32)25(11-6-12-25)28-24(33)34-14-19-17-9-4-2-7-15(17)16-8-3-5-10-18(16)19/h2-5,7-10,13,19H,6,11-12,14H2,1H3,(H,27,32)(H,28,33)(H,30,31). The van der Waals surface area contributed by atoms with Gasteiger partial charge >= 0.3 is 12.1 Å². The number of nitrogens with one attached hydrogen (secondary N) is 2. The lowest BCUT2D eigenvalue weighted by molar-refractivity contribution is -0.125. The van der Waals surface area contributed by atoms with Crippen molar-refractivity contribution in [2.75, 3.05) is 11.9 Å². The van der Waals surface area contributed by atoms with Crippen LogP contribution in [0.15, 0.2) is 54.7 Å². The second kappa shape index (κ2) is 8.33. The number of anilines is 1. The van der Waals surface area contributed by atoms with Crippen molar-refractivity contribution in [2.24, 2.45) is 7.05 Å². The van der Waals surface area contributed by atoms with Gasteiger partial charge in [-0.2, -0.15) is 5.10 Å². The van der Waals surface area contributed by atoms with Crippen LogP contribution in [0.3, 0.4) is 0 Å². The number of aryl methyl sites for hydroxylation is 1. The summed E-state index contributed by atoms with van der Waals surface area (Å²) in [7, 11) is 1.48. The van der Waals surface area contributed by atoms with Crippen LogP contribution in [0.25, 0.3) is 11.1 Å². The van der Waals surface area contributed by atoms with Crippen molar-refractivity contribution in [1.82, 2.24) is 15.1 Å². The van der Waals surface area contributed by atoms with E-state index >= 15 is 0 Å². The zero-order valence-electron chi connectivity index (χ0n) is 18.6. The molecule has 5 rings (SSSR count). The number of rotatable bonds is 6. The Kier molecular flexibility index (Phi) is 5.31. The number of carboxylic acids is 1. The summed E-state index contributed by atoms with van der Waals surface area (Å²) < 4.78 is 6.77. The minimum atomic E-state index is -1.21. The van der Waals surface area contributed by atoms with Crippen LogP contribution in [0.4, 0.5) is 10.5 Å². The third-order valence-electron chi connectivity index (χ3n) is 6.72. The molecule has 0 spiro atoms. The Morgan fingerprint density at radius 3 is 2.26 bits per heavy atom. The lowest BCUT2D eigenvalue weighted by Gasteiger charge is -2.40. The topological polar surface area (TPSA) is 123 Å². The molecule has 1 saturated carbocycles. The molecule has 0 unspecified atom stereocenters. The van der Waals surface area contributed by atoms with E-state index in [9.17, 15) is 19.5 Å². The third-order valence-corrected chi connectivity index (χ3v) is 6.72. The zero-order chi connectivity index (χ0) is 23.9. The molecule has 9 heteroatoms. The molecule has 3 aromatic rings. The molecule has 0 bridgehead atoms. The van der Waals surface area contributed by atoms with Gasteiger partial charge in [0.25, 0.3) is 0 Å². The Morgan fingerprint density at radius 2 is 1.71 bits per heavy atom. The Balaban J connectivity index is 1.27. The summed E-state index contributed by atoms with van der Waals surface area (Å²) in [6.45, 7) is 0.142. The van der Waals surface area contributed by atoms with Crippen molar-refractivity contribution in [2.45, 2.75) is 30.7 Å². The largest absolute Gasteiger partial charge is 0.476 e. The number of aromatic carboxylic acids is 1. The molecule has 0 radical (unpaired) electrons. The highest BCUT2D eigenvalue weighted by atomic mass is 16.5. The van der Waals surface area contributed by atoms with Crippen LogP contribution in [0, 0.1) is 0 Å². The first-order valence-corrected chi connectivity index (χ1v) is 11.1. The van der Waals surface area contributed by atoms with Gasteiger partial charge in [0, 0.05) is 13.0 Å². The second-order valence-electron chi connectivity index (χ2n) is 8.68. The number of carboxylic acid groups (broad SMARTS) is 1. The summed E-state index contributed by atoms with van der Waals surface area (Å²) in [5.74, 6) is -1.77. The smallest absolute Gasteiger partial charge is 0.408 e. The van der Waals surface area contributed by atoms with E-state index in [1.165, 1.54) is 17.9 Å². The lowest BCUT2D eigenvalue weighted by atomic mass is 9.76. The number of hydrogen-bond acceptors (Lipinski definition) is 5. The maximum absolute atomic E-state index is 13.0. The molecule has 2 aliphatic carbocycles. The number of ether oxygens (including phenoxy) is 1. The first-order chi connectivity index (χ1) is 16.4. The number of fused-ring (bicyclic) bond motifs is 3. The molecular weight excluding hydrogens is 436 g/mol. The SMILES string of the molecule is Cn1ncc(NC(=O)C2(NC(=O)OCC3c4ccccc4-c4ccccc43)CCC2)c1C(=O)O. The molecule has 0 atom stereocenters. The summed E-state index contributed by atoms with van der Waals surface area (Å²) in [6, 6.07) is 16.1. The van der Waals surface area contributed by atoms with Gasteiger partial charge in [0.2, 0.25) is 5.91 Å².